The summed E-state index contributed by atoms with van der Waals surface area (Å²) < 4.78 is 11.6. The summed E-state index contributed by atoms with van der Waals surface area (Å²) in [5, 5.41) is 13.8. The molecular formula is C29H33N5O6. The fraction of sp³-hybridized carbons (Fsp3) is 0.310. The highest BCUT2D eigenvalue weighted by molar-refractivity contribution is 5.68. The number of carbonyl (C=O) groups excluding carboxylic acids is 1. The molecule has 0 saturated carbocycles. The van der Waals surface area contributed by atoms with Crippen molar-refractivity contribution in [3.8, 4) is 17.4 Å². The molecule has 1 fully saturated rings. The van der Waals surface area contributed by atoms with Gasteiger partial charge in [0.2, 0.25) is 0 Å². The Hall–Kier alpha value is -4.64. The molecule has 11 nitrogen and oxygen atoms in total. The SMILES string of the molecule is COc1ccc(N2CCN(C(=O)On3c(O)c(CNCC4C=CC(Oc5ccccc5)=CC4)[nH]c3=O)CC2)cc1. The summed E-state index contributed by atoms with van der Waals surface area (Å²) in [4.78, 5) is 36.6. The minimum atomic E-state index is -0.720. The number of para-hydroxylation sites is 1. The minimum absolute atomic E-state index is 0.202. The van der Waals surface area contributed by atoms with Gasteiger partial charge in [-0.25, -0.2) is 9.59 Å². The van der Waals surface area contributed by atoms with Gasteiger partial charge < -0.3 is 39.5 Å². The van der Waals surface area contributed by atoms with Crippen LogP contribution in [0.15, 0.2) is 83.4 Å². The maximum Gasteiger partial charge on any atom is 0.434 e. The molecule has 0 bridgehead atoms. The molecule has 2 aromatic carbocycles. The number of hydrogen-bond acceptors (Lipinski definition) is 8. The average Bonchev–Trinajstić information content (AvgIpc) is 3.26. The second-order valence-corrected chi connectivity index (χ2v) is 9.56. The van der Waals surface area contributed by atoms with E-state index in [1.165, 1.54) is 4.90 Å². The molecule has 3 N–H and O–H groups in total. The van der Waals surface area contributed by atoms with Gasteiger partial charge in [-0.3, -0.25) is 0 Å². The van der Waals surface area contributed by atoms with Crippen molar-refractivity contribution in [3.63, 3.8) is 0 Å². The highest BCUT2D eigenvalue weighted by Gasteiger charge is 2.25. The van der Waals surface area contributed by atoms with Crippen molar-refractivity contribution in [1.82, 2.24) is 19.9 Å². The number of anilines is 1. The van der Waals surface area contributed by atoms with E-state index in [1.54, 1.807) is 7.11 Å². The van der Waals surface area contributed by atoms with Crippen LogP contribution in [0.2, 0.25) is 0 Å². The van der Waals surface area contributed by atoms with E-state index in [9.17, 15) is 14.7 Å². The molecule has 1 saturated heterocycles. The van der Waals surface area contributed by atoms with E-state index in [-0.39, 0.29) is 18.2 Å². The van der Waals surface area contributed by atoms with Gasteiger partial charge in [0.1, 0.15) is 17.3 Å². The van der Waals surface area contributed by atoms with E-state index in [2.05, 4.69) is 21.3 Å². The Morgan fingerprint density at radius 3 is 2.48 bits per heavy atom. The van der Waals surface area contributed by atoms with Gasteiger partial charge in [-0.1, -0.05) is 29.0 Å². The molecule has 0 spiro atoms. The van der Waals surface area contributed by atoms with Gasteiger partial charge in [-0.2, -0.15) is 0 Å². The Balaban J connectivity index is 1.07. The van der Waals surface area contributed by atoms with Crippen molar-refractivity contribution in [2.24, 2.45) is 5.92 Å². The zero-order chi connectivity index (χ0) is 27.9. The van der Waals surface area contributed by atoms with Gasteiger partial charge in [0.05, 0.1) is 12.8 Å². The zero-order valence-electron chi connectivity index (χ0n) is 22.3. The molecule has 2 aliphatic rings. The molecule has 1 aliphatic heterocycles. The first-order valence-electron chi connectivity index (χ1n) is 13.2. The molecule has 2 heterocycles. The van der Waals surface area contributed by atoms with Crippen LogP contribution in [0.4, 0.5) is 10.5 Å². The Labute approximate surface area is 231 Å². The predicted molar refractivity (Wildman–Crippen MR) is 150 cm³/mol. The number of nitrogens with zero attached hydrogens (tertiary/aromatic N) is 3. The molecule has 1 amide bonds. The third kappa shape index (κ3) is 6.49. The van der Waals surface area contributed by atoms with E-state index in [4.69, 9.17) is 14.3 Å². The van der Waals surface area contributed by atoms with Crippen molar-refractivity contribution in [2.75, 3.05) is 44.7 Å². The highest BCUT2D eigenvalue weighted by atomic mass is 16.7. The first kappa shape index (κ1) is 26.9. The van der Waals surface area contributed by atoms with Gasteiger partial charge in [0.15, 0.2) is 0 Å². The van der Waals surface area contributed by atoms with Crippen molar-refractivity contribution in [3.05, 3.63) is 94.8 Å². The molecule has 1 aliphatic carbocycles. The molecule has 40 heavy (non-hydrogen) atoms. The topological polar surface area (TPSA) is 121 Å². The maximum atomic E-state index is 12.7. The van der Waals surface area contributed by atoms with Gasteiger partial charge in [0, 0.05) is 45.0 Å². The first-order chi connectivity index (χ1) is 19.5. The standard InChI is InChI=1S/C29H33N5O6/c1-38-23-13-9-22(10-14-23)32-15-17-33(18-16-32)29(37)40-34-27(35)26(31-28(34)36)20-30-19-21-7-11-25(12-8-21)39-24-5-3-2-4-6-24/h2-7,9-14,21,30,35H,8,15-20H2,1H3,(H,31,36). The van der Waals surface area contributed by atoms with E-state index in [1.807, 2.05) is 66.7 Å². The fourth-order valence-corrected chi connectivity index (χ4v) is 4.62. The third-order valence-corrected chi connectivity index (χ3v) is 6.89. The van der Waals surface area contributed by atoms with Crippen LogP contribution in [0.25, 0.3) is 0 Å². The number of hydrogen-bond donors (Lipinski definition) is 3. The summed E-state index contributed by atoms with van der Waals surface area (Å²) in [5.41, 5.74) is 0.555. The van der Waals surface area contributed by atoms with E-state index in [0.29, 0.717) is 37.5 Å². The van der Waals surface area contributed by atoms with Gasteiger partial charge in [-0.05, 0) is 60.9 Å². The molecule has 11 heteroatoms. The van der Waals surface area contributed by atoms with Gasteiger partial charge in [0.25, 0.3) is 5.88 Å². The average molecular weight is 548 g/mol. The third-order valence-electron chi connectivity index (χ3n) is 6.89. The van der Waals surface area contributed by atoms with Crippen LogP contribution in [0.1, 0.15) is 12.1 Å². The predicted octanol–water partition coefficient (Wildman–Crippen LogP) is 2.89. The molecule has 5 rings (SSSR count). The maximum absolute atomic E-state index is 12.7. The number of amides is 1. The van der Waals surface area contributed by atoms with Crippen LogP contribution in [0, 0.1) is 5.92 Å². The lowest BCUT2D eigenvalue weighted by Gasteiger charge is -2.35. The lowest BCUT2D eigenvalue weighted by molar-refractivity contribution is 0.0779. The highest BCUT2D eigenvalue weighted by Crippen LogP contribution is 2.22. The largest absolute Gasteiger partial charge is 0.497 e. The Bertz CT molecular complexity index is 1400. The number of aromatic amines is 1. The van der Waals surface area contributed by atoms with E-state index in [0.717, 1.165) is 29.4 Å². The lowest BCUT2D eigenvalue weighted by atomic mass is 10.00. The number of nitrogens with one attached hydrogen (secondary N) is 2. The number of methoxy groups -OCH3 is 1. The number of aromatic nitrogens is 2. The summed E-state index contributed by atoms with van der Waals surface area (Å²) in [7, 11) is 1.62. The Kier molecular flexibility index (Phi) is 8.41. The number of allylic oxidation sites excluding steroid dienone is 2. The van der Waals surface area contributed by atoms with Crippen LogP contribution in [-0.2, 0) is 6.54 Å². The Morgan fingerprint density at radius 2 is 1.80 bits per heavy atom. The van der Waals surface area contributed by atoms with Crippen LogP contribution in [0.5, 0.6) is 17.4 Å². The number of rotatable bonds is 9. The summed E-state index contributed by atoms with van der Waals surface area (Å²) in [6, 6.07) is 17.3. The molecular weight excluding hydrogens is 514 g/mol. The zero-order valence-corrected chi connectivity index (χ0v) is 22.3. The summed E-state index contributed by atoms with van der Waals surface area (Å²) >= 11 is 0. The molecule has 0 radical (unpaired) electrons. The summed E-state index contributed by atoms with van der Waals surface area (Å²) in [5.74, 6) is 2.17. The van der Waals surface area contributed by atoms with E-state index >= 15 is 0 Å². The van der Waals surface area contributed by atoms with E-state index < -0.39 is 17.7 Å². The molecule has 1 unspecified atom stereocenters. The number of ether oxygens (including phenoxy) is 2. The summed E-state index contributed by atoms with van der Waals surface area (Å²) in [6.07, 6.45) is 6.13. The van der Waals surface area contributed by atoms with Crippen molar-refractivity contribution in [1.29, 1.82) is 0 Å². The van der Waals surface area contributed by atoms with Crippen LogP contribution in [-0.4, -0.2) is 65.6 Å². The Morgan fingerprint density at radius 1 is 1.05 bits per heavy atom. The van der Waals surface area contributed by atoms with Crippen LogP contribution >= 0.6 is 0 Å². The molecule has 3 aromatic rings. The number of piperazine rings is 1. The van der Waals surface area contributed by atoms with Gasteiger partial charge >= 0.3 is 11.8 Å². The number of H-pyrrole nitrogens is 1. The monoisotopic (exact) mass is 547 g/mol. The van der Waals surface area contributed by atoms with Crippen molar-refractivity contribution >= 4 is 11.8 Å². The second kappa shape index (κ2) is 12.5. The number of carbonyl (C=O) groups is 1. The molecule has 1 aromatic heterocycles. The summed E-state index contributed by atoms with van der Waals surface area (Å²) in [6.45, 7) is 2.87. The second-order valence-electron chi connectivity index (χ2n) is 9.56. The van der Waals surface area contributed by atoms with Crippen LogP contribution < -0.4 is 30.2 Å². The number of aromatic hydroxyl groups is 1. The smallest absolute Gasteiger partial charge is 0.434 e. The number of benzene rings is 2. The quantitative estimate of drug-likeness (QED) is 0.374. The fourth-order valence-electron chi connectivity index (χ4n) is 4.62. The van der Waals surface area contributed by atoms with Gasteiger partial charge in [-0.15, -0.1) is 0 Å². The van der Waals surface area contributed by atoms with Crippen LogP contribution in [0.3, 0.4) is 0 Å². The first-order valence-corrected chi connectivity index (χ1v) is 13.2. The molecule has 1 atom stereocenters. The lowest BCUT2D eigenvalue weighted by Crippen LogP contribution is -2.51. The van der Waals surface area contributed by atoms with Crippen molar-refractivity contribution in [2.45, 2.75) is 13.0 Å². The molecule has 210 valence electrons. The number of imidazole rings is 1. The normalized spacial score (nSPS) is 16.9. The minimum Gasteiger partial charge on any atom is -0.497 e. The van der Waals surface area contributed by atoms with Crippen molar-refractivity contribution < 1.29 is 24.2 Å².